The molecule has 0 radical (unpaired) electrons. The maximum absolute atomic E-state index is 14.1. The molecule has 2 aliphatic rings. The Morgan fingerprint density at radius 2 is 2.04 bits per heavy atom. The Hall–Kier alpha value is -1.28. The molecule has 2 unspecified atom stereocenters. The second-order valence-corrected chi connectivity index (χ2v) is 7.74. The molecular formula is C17H21Cl2FN4OS. The Labute approximate surface area is 168 Å². The summed E-state index contributed by atoms with van der Waals surface area (Å²) in [6.45, 7) is 1.80. The van der Waals surface area contributed by atoms with Crippen LogP contribution in [0.5, 0.6) is 0 Å². The van der Waals surface area contributed by atoms with E-state index in [9.17, 15) is 9.18 Å². The first-order valence-corrected chi connectivity index (χ1v) is 9.09. The Bertz CT molecular complexity index is 784. The van der Waals surface area contributed by atoms with Gasteiger partial charge in [0.25, 0.3) is 5.91 Å². The zero-order valence-corrected chi connectivity index (χ0v) is 16.6. The predicted octanol–water partition coefficient (Wildman–Crippen LogP) is 4.08. The highest BCUT2D eigenvalue weighted by atomic mass is 35.5. The van der Waals surface area contributed by atoms with Gasteiger partial charge >= 0.3 is 0 Å². The van der Waals surface area contributed by atoms with Crippen LogP contribution < -0.4 is 10.6 Å². The Morgan fingerprint density at radius 1 is 1.27 bits per heavy atom. The highest BCUT2D eigenvalue weighted by Crippen LogP contribution is 2.42. The minimum absolute atomic E-state index is 0. The molecule has 1 aromatic carbocycles. The number of carbonyl (C=O) groups excluding carboxylic acids is 1. The van der Waals surface area contributed by atoms with E-state index >= 15 is 0 Å². The van der Waals surface area contributed by atoms with E-state index < -0.39 is 11.7 Å². The number of hydrogen-bond donors (Lipinski definition) is 2. The lowest BCUT2D eigenvalue weighted by Crippen LogP contribution is -2.37. The summed E-state index contributed by atoms with van der Waals surface area (Å²) in [4.78, 5) is 12.3. The summed E-state index contributed by atoms with van der Waals surface area (Å²) >= 11 is 1.27. The van der Waals surface area contributed by atoms with Gasteiger partial charge in [-0.3, -0.25) is 10.1 Å². The molecule has 1 amide bonds. The third-order valence-corrected chi connectivity index (χ3v) is 5.51. The molecule has 5 nitrogen and oxygen atoms in total. The second-order valence-electron chi connectivity index (χ2n) is 6.56. The standard InChI is InChI=1S/C17H19FN4OS.2ClH/c1-9-21-22-17(24-9)20-16(23)13-7-10(5-6-14(13)18)12-8-15(12)19-11-3-2-4-11;;/h5-7,11-12,15,19H,2-4,8H2,1H3,(H,20,22,23);2*1H. The number of nitrogens with zero attached hydrogens (tertiary/aromatic N) is 2. The average Bonchev–Trinajstić information content (AvgIpc) is 3.17. The average molecular weight is 419 g/mol. The first-order valence-electron chi connectivity index (χ1n) is 8.27. The van der Waals surface area contributed by atoms with Crippen LogP contribution in [0.2, 0.25) is 0 Å². The quantitative estimate of drug-likeness (QED) is 0.767. The summed E-state index contributed by atoms with van der Waals surface area (Å²) in [5.41, 5.74) is 1.08. The lowest BCUT2D eigenvalue weighted by molar-refractivity contribution is 0.102. The molecule has 2 aliphatic carbocycles. The molecule has 0 bridgehead atoms. The predicted molar refractivity (Wildman–Crippen MR) is 105 cm³/mol. The van der Waals surface area contributed by atoms with Crippen molar-refractivity contribution in [1.82, 2.24) is 15.5 Å². The number of benzene rings is 1. The number of carbonyl (C=O) groups is 1. The van der Waals surface area contributed by atoms with E-state index in [1.54, 1.807) is 19.1 Å². The highest BCUT2D eigenvalue weighted by Gasteiger charge is 2.40. The molecule has 1 heterocycles. The first kappa shape index (κ1) is 21.0. The summed E-state index contributed by atoms with van der Waals surface area (Å²) in [6.07, 6.45) is 4.86. The second kappa shape index (κ2) is 8.61. The maximum Gasteiger partial charge on any atom is 0.260 e. The van der Waals surface area contributed by atoms with Gasteiger partial charge < -0.3 is 5.32 Å². The van der Waals surface area contributed by atoms with Crippen LogP contribution in [0.3, 0.4) is 0 Å². The van der Waals surface area contributed by atoms with Gasteiger partial charge in [-0.05, 0) is 43.9 Å². The molecule has 0 aliphatic heterocycles. The lowest BCUT2D eigenvalue weighted by atomic mass is 9.93. The zero-order chi connectivity index (χ0) is 16.7. The topological polar surface area (TPSA) is 66.9 Å². The molecular weight excluding hydrogens is 398 g/mol. The number of aryl methyl sites for hydroxylation is 1. The molecule has 2 atom stereocenters. The third kappa shape index (κ3) is 4.52. The normalized spacial score (nSPS) is 21.2. The van der Waals surface area contributed by atoms with Crippen molar-refractivity contribution in [2.45, 2.75) is 50.6 Å². The molecule has 0 spiro atoms. The molecule has 2 saturated carbocycles. The van der Waals surface area contributed by atoms with Crippen LogP contribution in [-0.2, 0) is 0 Å². The van der Waals surface area contributed by atoms with Crippen LogP contribution in [0.4, 0.5) is 9.52 Å². The fourth-order valence-corrected chi connectivity index (χ4v) is 3.67. The highest BCUT2D eigenvalue weighted by molar-refractivity contribution is 7.15. The molecule has 2 fully saturated rings. The van der Waals surface area contributed by atoms with E-state index in [2.05, 4.69) is 20.8 Å². The number of anilines is 1. The van der Waals surface area contributed by atoms with Crippen molar-refractivity contribution in [3.05, 3.63) is 40.2 Å². The molecule has 2 N–H and O–H groups in total. The number of rotatable bonds is 5. The fourth-order valence-electron chi connectivity index (χ4n) is 3.08. The smallest absolute Gasteiger partial charge is 0.260 e. The van der Waals surface area contributed by atoms with Gasteiger partial charge in [-0.25, -0.2) is 4.39 Å². The summed E-state index contributed by atoms with van der Waals surface area (Å²) in [5, 5.41) is 15.1. The molecule has 4 rings (SSSR count). The molecule has 26 heavy (non-hydrogen) atoms. The monoisotopic (exact) mass is 418 g/mol. The first-order chi connectivity index (χ1) is 11.6. The largest absolute Gasteiger partial charge is 0.311 e. The van der Waals surface area contributed by atoms with Crippen LogP contribution in [0, 0.1) is 12.7 Å². The zero-order valence-electron chi connectivity index (χ0n) is 14.2. The number of nitrogens with one attached hydrogen (secondary N) is 2. The van der Waals surface area contributed by atoms with Crippen molar-refractivity contribution in [2.24, 2.45) is 0 Å². The molecule has 1 aromatic heterocycles. The summed E-state index contributed by atoms with van der Waals surface area (Å²) in [7, 11) is 0. The molecule has 2 aromatic rings. The SMILES string of the molecule is Cc1nnc(NC(=O)c2cc(C3CC3NC3CCC3)ccc2F)s1.Cl.Cl. The van der Waals surface area contributed by atoms with Crippen LogP contribution >= 0.6 is 36.2 Å². The maximum atomic E-state index is 14.1. The van der Waals surface area contributed by atoms with Crippen LogP contribution in [0.1, 0.15) is 52.5 Å². The minimum atomic E-state index is -0.512. The Balaban J connectivity index is 0.00000121. The molecule has 142 valence electrons. The van der Waals surface area contributed by atoms with Crippen molar-refractivity contribution in [3.8, 4) is 0 Å². The summed E-state index contributed by atoms with van der Waals surface area (Å²) in [6, 6.07) is 5.94. The lowest BCUT2D eigenvalue weighted by Gasteiger charge is -2.26. The van der Waals surface area contributed by atoms with Crippen LogP contribution in [0.15, 0.2) is 18.2 Å². The molecule has 0 saturated heterocycles. The number of halogens is 3. The third-order valence-electron chi connectivity index (χ3n) is 4.76. The van der Waals surface area contributed by atoms with Gasteiger partial charge in [0.05, 0.1) is 5.56 Å². The summed E-state index contributed by atoms with van der Waals surface area (Å²) in [5.74, 6) is -0.613. The number of amides is 1. The molecule has 9 heteroatoms. The van der Waals surface area contributed by atoms with Crippen molar-refractivity contribution < 1.29 is 9.18 Å². The van der Waals surface area contributed by atoms with Gasteiger partial charge in [0.1, 0.15) is 10.8 Å². The van der Waals surface area contributed by atoms with E-state index in [0.29, 0.717) is 23.1 Å². The van der Waals surface area contributed by atoms with Crippen molar-refractivity contribution >= 4 is 47.2 Å². The van der Waals surface area contributed by atoms with Crippen LogP contribution in [0.25, 0.3) is 0 Å². The van der Waals surface area contributed by atoms with Gasteiger partial charge in [-0.2, -0.15) is 0 Å². The minimum Gasteiger partial charge on any atom is -0.311 e. The van der Waals surface area contributed by atoms with E-state index in [1.807, 2.05) is 0 Å². The van der Waals surface area contributed by atoms with Gasteiger partial charge in [-0.1, -0.05) is 23.8 Å². The van der Waals surface area contributed by atoms with Gasteiger partial charge in [0.15, 0.2) is 0 Å². The number of hydrogen-bond acceptors (Lipinski definition) is 5. The summed E-state index contributed by atoms with van der Waals surface area (Å²) < 4.78 is 14.1. The van der Waals surface area contributed by atoms with E-state index in [4.69, 9.17) is 0 Å². The van der Waals surface area contributed by atoms with Crippen molar-refractivity contribution in [2.75, 3.05) is 5.32 Å². The van der Waals surface area contributed by atoms with Gasteiger partial charge in [0, 0.05) is 18.0 Å². The fraction of sp³-hybridized carbons (Fsp3) is 0.471. The Kier molecular flexibility index (Phi) is 6.96. The van der Waals surface area contributed by atoms with Gasteiger partial charge in [-0.15, -0.1) is 35.0 Å². The van der Waals surface area contributed by atoms with E-state index in [1.165, 1.54) is 36.7 Å². The van der Waals surface area contributed by atoms with Crippen LogP contribution in [-0.4, -0.2) is 28.2 Å². The number of aromatic nitrogens is 2. The van der Waals surface area contributed by atoms with Gasteiger partial charge in [0.2, 0.25) is 5.13 Å². The van der Waals surface area contributed by atoms with E-state index in [0.717, 1.165) is 17.0 Å². The van der Waals surface area contributed by atoms with E-state index in [-0.39, 0.29) is 30.4 Å². The van der Waals surface area contributed by atoms with Crippen molar-refractivity contribution in [3.63, 3.8) is 0 Å². The Morgan fingerprint density at radius 3 is 2.65 bits per heavy atom. The van der Waals surface area contributed by atoms with Crippen molar-refractivity contribution in [1.29, 1.82) is 0 Å².